The van der Waals surface area contributed by atoms with E-state index in [1.165, 1.54) is 32.1 Å². The van der Waals surface area contributed by atoms with Gasteiger partial charge in [0, 0.05) is 12.2 Å². The molecule has 0 aliphatic heterocycles. The van der Waals surface area contributed by atoms with Crippen LogP contribution in [0.4, 0.5) is 5.69 Å². The van der Waals surface area contributed by atoms with Gasteiger partial charge in [0.05, 0.1) is 11.6 Å². The van der Waals surface area contributed by atoms with Crippen molar-refractivity contribution < 1.29 is 0 Å². The van der Waals surface area contributed by atoms with Gasteiger partial charge in [-0.2, -0.15) is 5.26 Å². The molecule has 0 saturated heterocycles. The zero-order chi connectivity index (χ0) is 13.7. The number of nitrogens with one attached hydrogen (secondary N) is 1. The number of rotatable bonds is 4. The van der Waals surface area contributed by atoms with Gasteiger partial charge in [-0.05, 0) is 55.4 Å². The fourth-order valence-electron chi connectivity index (χ4n) is 3.01. The summed E-state index contributed by atoms with van der Waals surface area (Å²) in [5, 5.41) is 12.5. The Hall–Kier alpha value is -1.49. The van der Waals surface area contributed by atoms with E-state index in [1.54, 1.807) is 0 Å². The van der Waals surface area contributed by atoms with Crippen LogP contribution in [0, 0.1) is 30.1 Å². The van der Waals surface area contributed by atoms with Crippen molar-refractivity contribution in [1.82, 2.24) is 0 Å². The number of aryl methyl sites for hydroxylation is 1. The van der Waals surface area contributed by atoms with Crippen molar-refractivity contribution in [1.29, 1.82) is 5.26 Å². The van der Waals surface area contributed by atoms with Crippen molar-refractivity contribution >= 4 is 5.69 Å². The van der Waals surface area contributed by atoms with Gasteiger partial charge in [0.1, 0.15) is 0 Å². The third kappa shape index (κ3) is 3.73. The molecule has 0 amide bonds. The summed E-state index contributed by atoms with van der Waals surface area (Å²) >= 11 is 0. The maximum Gasteiger partial charge on any atom is 0.0994 e. The van der Waals surface area contributed by atoms with Gasteiger partial charge in [-0.1, -0.05) is 26.2 Å². The number of nitrogens with zero attached hydrogens (tertiary/aromatic N) is 1. The quantitative estimate of drug-likeness (QED) is 0.861. The molecular weight excluding hydrogens is 232 g/mol. The molecule has 0 atom stereocenters. The highest BCUT2D eigenvalue weighted by Crippen LogP contribution is 2.30. The van der Waals surface area contributed by atoms with Gasteiger partial charge in [-0.25, -0.2) is 0 Å². The van der Waals surface area contributed by atoms with Gasteiger partial charge < -0.3 is 5.32 Å². The van der Waals surface area contributed by atoms with Gasteiger partial charge in [-0.15, -0.1) is 0 Å². The van der Waals surface area contributed by atoms with E-state index in [0.29, 0.717) is 0 Å². The van der Waals surface area contributed by atoms with E-state index < -0.39 is 0 Å². The lowest BCUT2D eigenvalue weighted by molar-refractivity contribution is 0.278. The standard InChI is InChI=1S/C17H24N2/c1-3-14-4-6-15(7-5-14)12-19-17-9-8-16(11-18)13(2)10-17/h8-10,14-15,19H,3-7,12H2,1-2H3. The van der Waals surface area contributed by atoms with Crippen LogP contribution in [0.3, 0.4) is 0 Å². The smallest absolute Gasteiger partial charge is 0.0994 e. The maximum absolute atomic E-state index is 8.92. The lowest BCUT2D eigenvalue weighted by Crippen LogP contribution is -2.21. The van der Waals surface area contributed by atoms with E-state index >= 15 is 0 Å². The fourth-order valence-corrected chi connectivity index (χ4v) is 3.01. The van der Waals surface area contributed by atoms with Crippen LogP contribution in [0.15, 0.2) is 18.2 Å². The van der Waals surface area contributed by atoms with Crippen LogP contribution in [0.1, 0.15) is 50.2 Å². The lowest BCUT2D eigenvalue weighted by Gasteiger charge is -2.28. The highest BCUT2D eigenvalue weighted by molar-refractivity contribution is 5.51. The molecule has 2 rings (SSSR count). The molecule has 102 valence electrons. The first kappa shape index (κ1) is 13.9. The average Bonchev–Trinajstić information content (AvgIpc) is 2.46. The zero-order valence-corrected chi connectivity index (χ0v) is 12.1. The Bertz CT molecular complexity index is 451. The van der Waals surface area contributed by atoms with Crippen molar-refractivity contribution in [3.05, 3.63) is 29.3 Å². The predicted molar refractivity (Wildman–Crippen MR) is 80.1 cm³/mol. The minimum Gasteiger partial charge on any atom is -0.385 e. The minimum atomic E-state index is 0.772. The lowest BCUT2D eigenvalue weighted by atomic mass is 9.81. The second kappa shape index (κ2) is 6.61. The van der Waals surface area contributed by atoms with E-state index in [9.17, 15) is 0 Å². The molecular formula is C17H24N2. The molecule has 0 spiro atoms. The molecule has 1 fully saturated rings. The SMILES string of the molecule is CCC1CCC(CNc2ccc(C#N)c(C)c2)CC1. The first-order chi connectivity index (χ1) is 9.22. The van der Waals surface area contributed by atoms with Crippen LogP contribution in [0.25, 0.3) is 0 Å². The number of nitriles is 1. The van der Waals surface area contributed by atoms with E-state index in [4.69, 9.17) is 5.26 Å². The number of hydrogen-bond donors (Lipinski definition) is 1. The Labute approximate surface area is 116 Å². The first-order valence-corrected chi connectivity index (χ1v) is 7.47. The van der Waals surface area contributed by atoms with E-state index in [2.05, 4.69) is 24.4 Å². The van der Waals surface area contributed by atoms with E-state index in [-0.39, 0.29) is 0 Å². The maximum atomic E-state index is 8.92. The molecule has 2 heteroatoms. The second-order valence-corrected chi connectivity index (χ2v) is 5.82. The molecule has 1 N–H and O–H groups in total. The Morgan fingerprint density at radius 3 is 2.47 bits per heavy atom. The van der Waals surface area contributed by atoms with Crippen LogP contribution in [0.5, 0.6) is 0 Å². The number of hydrogen-bond acceptors (Lipinski definition) is 2. The van der Waals surface area contributed by atoms with Gasteiger partial charge in [0.15, 0.2) is 0 Å². The van der Waals surface area contributed by atoms with Crippen molar-refractivity contribution in [2.45, 2.75) is 46.0 Å². The Morgan fingerprint density at radius 2 is 1.89 bits per heavy atom. The van der Waals surface area contributed by atoms with Crippen molar-refractivity contribution in [2.24, 2.45) is 11.8 Å². The molecule has 1 aromatic carbocycles. The molecule has 1 aliphatic rings. The van der Waals surface area contributed by atoms with E-state index in [1.807, 2.05) is 19.1 Å². The Kier molecular flexibility index (Phi) is 4.85. The third-order valence-corrected chi connectivity index (χ3v) is 4.49. The van der Waals surface area contributed by atoms with Crippen molar-refractivity contribution in [3.8, 4) is 6.07 Å². The van der Waals surface area contributed by atoms with E-state index in [0.717, 1.165) is 35.2 Å². The first-order valence-electron chi connectivity index (χ1n) is 7.47. The molecule has 0 heterocycles. The zero-order valence-electron chi connectivity index (χ0n) is 12.1. The summed E-state index contributed by atoms with van der Waals surface area (Å²) in [6.07, 6.45) is 6.86. The van der Waals surface area contributed by atoms with Crippen molar-refractivity contribution in [3.63, 3.8) is 0 Å². The molecule has 1 aliphatic carbocycles. The van der Waals surface area contributed by atoms with Gasteiger partial charge in [-0.3, -0.25) is 0 Å². The van der Waals surface area contributed by atoms with Crippen LogP contribution in [-0.2, 0) is 0 Å². The normalized spacial score (nSPS) is 22.8. The topological polar surface area (TPSA) is 35.8 Å². The molecule has 0 radical (unpaired) electrons. The fraction of sp³-hybridized carbons (Fsp3) is 0.588. The molecule has 1 aromatic rings. The Balaban J connectivity index is 1.83. The molecule has 0 unspecified atom stereocenters. The van der Waals surface area contributed by atoms with Crippen LogP contribution in [0.2, 0.25) is 0 Å². The number of anilines is 1. The summed E-state index contributed by atoms with van der Waals surface area (Å²) in [6.45, 7) is 5.38. The summed E-state index contributed by atoms with van der Waals surface area (Å²) in [4.78, 5) is 0. The molecule has 19 heavy (non-hydrogen) atoms. The van der Waals surface area contributed by atoms with Crippen LogP contribution in [-0.4, -0.2) is 6.54 Å². The third-order valence-electron chi connectivity index (χ3n) is 4.49. The predicted octanol–water partition coefficient (Wildman–Crippen LogP) is 4.50. The molecule has 2 nitrogen and oxygen atoms in total. The van der Waals surface area contributed by atoms with Crippen molar-refractivity contribution in [2.75, 3.05) is 11.9 Å². The summed E-state index contributed by atoms with van der Waals surface area (Å²) in [5.74, 6) is 1.78. The van der Waals surface area contributed by atoms with Gasteiger partial charge in [0.2, 0.25) is 0 Å². The summed E-state index contributed by atoms with van der Waals surface area (Å²) in [7, 11) is 0. The highest BCUT2D eigenvalue weighted by atomic mass is 14.9. The molecule has 0 bridgehead atoms. The highest BCUT2D eigenvalue weighted by Gasteiger charge is 2.19. The molecule has 1 saturated carbocycles. The second-order valence-electron chi connectivity index (χ2n) is 5.82. The monoisotopic (exact) mass is 256 g/mol. The summed E-state index contributed by atoms with van der Waals surface area (Å²) < 4.78 is 0. The van der Waals surface area contributed by atoms with Crippen LogP contribution >= 0.6 is 0 Å². The van der Waals surface area contributed by atoms with Gasteiger partial charge in [0.25, 0.3) is 0 Å². The summed E-state index contributed by atoms with van der Waals surface area (Å²) in [6, 6.07) is 8.22. The van der Waals surface area contributed by atoms with Crippen LogP contribution < -0.4 is 5.32 Å². The largest absolute Gasteiger partial charge is 0.385 e. The minimum absolute atomic E-state index is 0.772. The molecule has 0 aromatic heterocycles. The summed E-state index contributed by atoms with van der Waals surface area (Å²) in [5.41, 5.74) is 2.98. The Morgan fingerprint density at radius 1 is 1.21 bits per heavy atom. The number of benzene rings is 1. The average molecular weight is 256 g/mol. The van der Waals surface area contributed by atoms with Gasteiger partial charge >= 0.3 is 0 Å².